The standard InChI is InChI=1S/C26H29Cl2NO5/c1-4-21(24(32)34-5-2)29-23(16-9-11-18(27)12-10-16)20(17-7-6-8-19(28)13-17)14-26(3,25(29)33)15-22(30)31/h6-13,20-21,23H,4-5,14-15H2,1-3H3,(H,30,31)/t20?,21?,23?,26-/m1/s1. The summed E-state index contributed by atoms with van der Waals surface area (Å²) in [5.74, 6) is -2.28. The highest BCUT2D eigenvalue weighted by Crippen LogP contribution is 2.52. The van der Waals surface area contributed by atoms with Crippen LogP contribution in [0.15, 0.2) is 48.5 Å². The highest BCUT2D eigenvalue weighted by molar-refractivity contribution is 6.30. The second-order valence-electron chi connectivity index (χ2n) is 8.88. The molecule has 0 bridgehead atoms. The van der Waals surface area contributed by atoms with E-state index in [4.69, 9.17) is 27.9 Å². The predicted octanol–water partition coefficient (Wildman–Crippen LogP) is 5.87. The molecule has 1 fully saturated rings. The summed E-state index contributed by atoms with van der Waals surface area (Å²) in [6.07, 6.45) is 0.244. The Morgan fingerprint density at radius 2 is 1.79 bits per heavy atom. The van der Waals surface area contributed by atoms with E-state index in [1.807, 2.05) is 37.3 Å². The minimum absolute atomic E-state index is 0.174. The van der Waals surface area contributed by atoms with Crippen LogP contribution in [0.5, 0.6) is 0 Å². The molecule has 3 unspecified atom stereocenters. The fraction of sp³-hybridized carbons (Fsp3) is 0.423. The summed E-state index contributed by atoms with van der Waals surface area (Å²) in [5.41, 5.74) is 0.435. The lowest BCUT2D eigenvalue weighted by Gasteiger charge is -2.51. The minimum atomic E-state index is -1.22. The number of nitrogens with zero attached hydrogens (tertiary/aromatic N) is 1. The molecule has 1 aliphatic rings. The molecule has 0 saturated carbocycles. The van der Waals surface area contributed by atoms with Gasteiger partial charge in [-0.1, -0.05) is 61.3 Å². The number of amides is 1. The molecule has 1 amide bonds. The Morgan fingerprint density at radius 1 is 1.12 bits per heavy atom. The Labute approximate surface area is 209 Å². The van der Waals surface area contributed by atoms with Gasteiger partial charge in [0.1, 0.15) is 6.04 Å². The topological polar surface area (TPSA) is 83.9 Å². The summed E-state index contributed by atoms with van der Waals surface area (Å²) in [4.78, 5) is 40.3. The van der Waals surface area contributed by atoms with Gasteiger partial charge in [-0.15, -0.1) is 0 Å². The van der Waals surface area contributed by atoms with Gasteiger partial charge in [-0.05, 0) is 55.2 Å². The van der Waals surface area contributed by atoms with Crippen molar-refractivity contribution in [3.8, 4) is 0 Å². The average molecular weight is 506 g/mol. The van der Waals surface area contributed by atoms with Crippen LogP contribution >= 0.6 is 23.2 Å². The Bertz CT molecular complexity index is 1060. The molecule has 2 aromatic rings. The number of carboxylic acids is 1. The maximum absolute atomic E-state index is 14.0. The van der Waals surface area contributed by atoms with E-state index >= 15 is 0 Å². The lowest BCUT2D eigenvalue weighted by atomic mass is 9.67. The number of likely N-dealkylation sites (tertiary alicyclic amines) is 1. The number of carbonyl (C=O) groups excluding carboxylic acids is 2. The maximum atomic E-state index is 14.0. The van der Waals surface area contributed by atoms with Crippen LogP contribution in [0.2, 0.25) is 10.0 Å². The van der Waals surface area contributed by atoms with Crippen LogP contribution in [0.25, 0.3) is 0 Å². The molecule has 0 radical (unpaired) electrons. The van der Waals surface area contributed by atoms with Crippen LogP contribution in [0, 0.1) is 5.41 Å². The van der Waals surface area contributed by atoms with Crippen LogP contribution in [0.1, 0.15) is 63.1 Å². The number of carboxylic acid groups (broad SMARTS) is 1. The van der Waals surface area contributed by atoms with Crippen molar-refractivity contribution in [2.24, 2.45) is 5.41 Å². The van der Waals surface area contributed by atoms with E-state index in [0.29, 0.717) is 16.5 Å². The van der Waals surface area contributed by atoms with Crippen molar-refractivity contribution in [3.63, 3.8) is 0 Å². The highest BCUT2D eigenvalue weighted by Gasteiger charge is 2.53. The summed E-state index contributed by atoms with van der Waals surface area (Å²) < 4.78 is 5.32. The van der Waals surface area contributed by atoms with Crippen LogP contribution in [-0.2, 0) is 19.1 Å². The zero-order valence-corrected chi connectivity index (χ0v) is 21.0. The molecule has 4 atom stereocenters. The number of rotatable bonds is 8. The summed E-state index contributed by atoms with van der Waals surface area (Å²) in [5, 5.41) is 10.7. The Morgan fingerprint density at radius 3 is 2.35 bits per heavy atom. The van der Waals surface area contributed by atoms with E-state index in [9.17, 15) is 19.5 Å². The molecule has 182 valence electrons. The number of esters is 1. The first-order valence-corrected chi connectivity index (χ1v) is 12.1. The lowest BCUT2D eigenvalue weighted by Crippen LogP contribution is -2.58. The second kappa shape index (κ2) is 10.8. The molecule has 1 saturated heterocycles. The van der Waals surface area contributed by atoms with Crippen LogP contribution in [-0.4, -0.2) is 40.5 Å². The number of piperidine rings is 1. The summed E-state index contributed by atoms with van der Waals surface area (Å²) >= 11 is 12.5. The first kappa shape index (κ1) is 26.0. The monoisotopic (exact) mass is 505 g/mol. The number of ether oxygens (including phenoxy) is 1. The van der Waals surface area contributed by atoms with Gasteiger partial charge in [0.25, 0.3) is 0 Å². The molecule has 8 heteroatoms. The van der Waals surface area contributed by atoms with Crippen molar-refractivity contribution < 1.29 is 24.2 Å². The van der Waals surface area contributed by atoms with E-state index in [-0.39, 0.29) is 31.3 Å². The zero-order chi connectivity index (χ0) is 25.0. The minimum Gasteiger partial charge on any atom is -0.481 e. The van der Waals surface area contributed by atoms with E-state index < -0.39 is 29.4 Å². The number of aliphatic carboxylic acids is 1. The SMILES string of the molecule is CCOC(=O)C(CC)N1C(=O)[C@@](C)(CC(=O)O)CC(c2cccc(Cl)c2)C1c1ccc(Cl)cc1. The Hall–Kier alpha value is -2.57. The van der Waals surface area contributed by atoms with Gasteiger partial charge in [-0.2, -0.15) is 0 Å². The normalized spacial score (nSPS) is 23.4. The van der Waals surface area contributed by atoms with Crippen molar-refractivity contribution in [1.29, 1.82) is 0 Å². The fourth-order valence-electron chi connectivity index (χ4n) is 4.94. The molecule has 1 aliphatic heterocycles. The molecule has 1 N–H and O–H groups in total. The summed E-state index contributed by atoms with van der Waals surface area (Å²) in [6.45, 7) is 5.35. The van der Waals surface area contributed by atoms with Crippen molar-refractivity contribution in [2.75, 3.05) is 6.61 Å². The Kier molecular flexibility index (Phi) is 8.26. The van der Waals surface area contributed by atoms with Crippen LogP contribution in [0.4, 0.5) is 0 Å². The molecule has 0 aromatic heterocycles. The van der Waals surface area contributed by atoms with Gasteiger partial charge in [0.05, 0.1) is 24.5 Å². The van der Waals surface area contributed by atoms with Crippen molar-refractivity contribution >= 4 is 41.0 Å². The molecule has 0 spiro atoms. The number of halogens is 2. The molecule has 2 aromatic carbocycles. The van der Waals surface area contributed by atoms with Gasteiger partial charge in [0.15, 0.2) is 0 Å². The van der Waals surface area contributed by atoms with Gasteiger partial charge in [-0.3, -0.25) is 9.59 Å². The smallest absolute Gasteiger partial charge is 0.328 e. The van der Waals surface area contributed by atoms with Gasteiger partial charge in [0.2, 0.25) is 5.91 Å². The van der Waals surface area contributed by atoms with Crippen LogP contribution in [0.3, 0.4) is 0 Å². The van der Waals surface area contributed by atoms with E-state index in [2.05, 4.69) is 0 Å². The van der Waals surface area contributed by atoms with Crippen LogP contribution < -0.4 is 0 Å². The molecule has 6 nitrogen and oxygen atoms in total. The van der Waals surface area contributed by atoms with Crippen molar-refractivity contribution in [2.45, 2.75) is 58.0 Å². The second-order valence-corrected chi connectivity index (χ2v) is 9.75. The largest absolute Gasteiger partial charge is 0.481 e. The quantitative estimate of drug-likeness (QED) is 0.453. The average Bonchev–Trinajstić information content (AvgIpc) is 2.77. The van der Waals surface area contributed by atoms with Gasteiger partial charge in [0, 0.05) is 16.0 Å². The molecule has 34 heavy (non-hydrogen) atoms. The number of benzene rings is 2. The lowest BCUT2D eigenvalue weighted by molar-refractivity contribution is -0.169. The maximum Gasteiger partial charge on any atom is 0.328 e. The van der Waals surface area contributed by atoms with E-state index in [1.165, 1.54) is 0 Å². The molecular formula is C26H29Cl2NO5. The molecule has 1 heterocycles. The first-order chi connectivity index (χ1) is 16.1. The summed E-state index contributed by atoms with van der Waals surface area (Å²) in [6, 6.07) is 13.1. The first-order valence-electron chi connectivity index (χ1n) is 11.3. The molecular weight excluding hydrogens is 477 g/mol. The molecule has 0 aliphatic carbocycles. The van der Waals surface area contributed by atoms with Crippen molar-refractivity contribution in [1.82, 2.24) is 4.90 Å². The van der Waals surface area contributed by atoms with E-state index in [1.54, 1.807) is 36.9 Å². The van der Waals surface area contributed by atoms with Gasteiger partial charge < -0.3 is 14.7 Å². The van der Waals surface area contributed by atoms with Gasteiger partial charge >= 0.3 is 11.9 Å². The van der Waals surface area contributed by atoms with Gasteiger partial charge in [-0.25, -0.2) is 4.79 Å². The molecule has 3 rings (SSSR count). The number of hydrogen-bond donors (Lipinski definition) is 1. The summed E-state index contributed by atoms with van der Waals surface area (Å²) in [7, 11) is 0. The number of hydrogen-bond acceptors (Lipinski definition) is 4. The number of carbonyl (C=O) groups is 3. The fourth-order valence-corrected chi connectivity index (χ4v) is 5.26. The third kappa shape index (κ3) is 5.39. The zero-order valence-electron chi connectivity index (χ0n) is 19.5. The van der Waals surface area contributed by atoms with Crippen molar-refractivity contribution in [3.05, 3.63) is 69.7 Å². The van der Waals surface area contributed by atoms with E-state index in [0.717, 1.165) is 11.1 Å². The highest BCUT2D eigenvalue weighted by atomic mass is 35.5. The third-order valence-corrected chi connectivity index (χ3v) is 6.90. The third-order valence-electron chi connectivity index (χ3n) is 6.41. The predicted molar refractivity (Wildman–Crippen MR) is 131 cm³/mol. The Balaban J connectivity index is 2.25.